The molecule has 0 saturated heterocycles. The molecule has 1 heteroatoms. The first-order chi connectivity index (χ1) is 5.83. The largest absolute Gasteiger partial charge is 0.207 e. The van der Waals surface area contributed by atoms with Gasteiger partial charge < -0.3 is 0 Å². The van der Waals surface area contributed by atoms with Gasteiger partial charge in [-0.2, -0.15) is 0 Å². The van der Waals surface area contributed by atoms with Gasteiger partial charge in [-0.25, -0.2) is 4.39 Å². The van der Waals surface area contributed by atoms with Crippen LogP contribution < -0.4 is 0 Å². The van der Waals surface area contributed by atoms with Crippen molar-refractivity contribution in [3.63, 3.8) is 0 Å². The second-order valence-electron chi connectivity index (χ2n) is 2.48. The van der Waals surface area contributed by atoms with E-state index in [4.69, 9.17) is 0 Å². The van der Waals surface area contributed by atoms with Crippen LogP contribution in [0.4, 0.5) is 4.39 Å². The van der Waals surface area contributed by atoms with E-state index >= 15 is 0 Å². The molecule has 0 N–H and O–H groups in total. The van der Waals surface area contributed by atoms with Gasteiger partial charge in [-0.3, -0.25) is 0 Å². The number of benzene rings is 1. The Morgan fingerprint density at radius 2 is 1.92 bits per heavy atom. The highest BCUT2D eigenvalue weighted by Crippen LogP contribution is 2.04. The summed E-state index contributed by atoms with van der Waals surface area (Å²) < 4.78 is 12.4. The smallest absolute Gasteiger partial charge is 0.123 e. The molecule has 0 aliphatic carbocycles. The molecular formula is C11H11F. The van der Waals surface area contributed by atoms with Crippen LogP contribution in [0.2, 0.25) is 0 Å². The molecule has 0 amide bonds. The van der Waals surface area contributed by atoms with E-state index in [9.17, 15) is 4.39 Å². The van der Waals surface area contributed by atoms with Crippen molar-refractivity contribution in [2.24, 2.45) is 0 Å². The molecule has 12 heavy (non-hydrogen) atoms. The average Bonchev–Trinajstić information content (AvgIpc) is 2.09. The van der Waals surface area contributed by atoms with Crippen molar-refractivity contribution in [1.82, 2.24) is 0 Å². The van der Waals surface area contributed by atoms with Crippen molar-refractivity contribution in [2.45, 2.75) is 6.42 Å². The summed E-state index contributed by atoms with van der Waals surface area (Å²) in [7, 11) is 0. The average molecular weight is 162 g/mol. The zero-order valence-electron chi connectivity index (χ0n) is 6.83. The summed E-state index contributed by atoms with van der Waals surface area (Å²) in [5, 5.41) is 0. The molecule has 0 radical (unpaired) electrons. The Bertz CT molecular complexity index is 270. The van der Waals surface area contributed by atoms with Gasteiger partial charge in [0, 0.05) is 0 Å². The monoisotopic (exact) mass is 162 g/mol. The van der Waals surface area contributed by atoms with Crippen molar-refractivity contribution < 1.29 is 4.39 Å². The van der Waals surface area contributed by atoms with Crippen LogP contribution in [0.15, 0.2) is 43.0 Å². The third-order valence-electron chi connectivity index (χ3n) is 1.48. The topological polar surface area (TPSA) is 0 Å². The standard InChI is InChI=1S/C11H11F/c1-2-3-4-5-10-6-8-11(12)9-7-10/h2,4-9H,1,3H2/b5-4+. The fourth-order valence-electron chi connectivity index (χ4n) is 0.874. The number of halogens is 1. The molecule has 0 heterocycles. The van der Waals surface area contributed by atoms with Gasteiger partial charge >= 0.3 is 0 Å². The van der Waals surface area contributed by atoms with Crippen LogP contribution in [-0.4, -0.2) is 0 Å². The molecule has 0 fully saturated rings. The molecule has 0 aliphatic rings. The van der Waals surface area contributed by atoms with Crippen LogP contribution in [0.1, 0.15) is 12.0 Å². The van der Waals surface area contributed by atoms with Crippen LogP contribution in [0, 0.1) is 5.82 Å². The number of rotatable bonds is 3. The first kappa shape index (κ1) is 8.72. The maximum absolute atomic E-state index is 12.4. The highest BCUT2D eigenvalue weighted by Gasteiger charge is 1.87. The van der Waals surface area contributed by atoms with Gasteiger partial charge in [0.15, 0.2) is 0 Å². The zero-order valence-corrected chi connectivity index (χ0v) is 6.83. The molecule has 1 aromatic carbocycles. The highest BCUT2D eigenvalue weighted by atomic mass is 19.1. The van der Waals surface area contributed by atoms with E-state index in [1.807, 2.05) is 18.2 Å². The predicted molar refractivity (Wildman–Crippen MR) is 50.2 cm³/mol. The van der Waals surface area contributed by atoms with E-state index in [0.717, 1.165) is 12.0 Å². The molecule has 0 spiro atoms. The summed E-state index contributed by atoms with van der Waals surface area (Å²) in [6.07, 6.45) is 6.60. The third-order valence-corrected chi connectivity index (χ3v) is 1.48. The fraction of sp³-hybridized carbons (Fsp3) is 0.0909. The number of hydrogen-bond acceptors (Lipinski definition) is 0. The Hall–Kier alpha value is -1.37. The summed E-state index contributed by atoms with van der Waals surface area (Å²) in [4.78, 5) is 0. The van der Waals surface area contributed by atoms with Crippen LogP contribution in [0.3, 0.4) is 0 Å². The lowest BCUT2D eigenvalue weighted by Gasteiger charge is -1.91. The van der Waals surface area contributed by atoms with Gasteiger partial charge in [0.2, 0.25) is 0 Å². The molecule has 0 saturated carbocycles. The molecular weight excluding hydrogens is 151 g/mol. The maximum Gasteiger partial charge on any atom is 0.123 e. The zero-order chi connectivity index (χ0) is 8.81. The number of hydrogen-bond donors (Lipinski definition) is 0. The lowest BCUT2D eigenvalue weighted by Crippen LogP contribution is -1.73. The molecule has 1 rings (SSSR count). The molecule has 0 unspecified atom stereocenters. The first-order valence-electron chi connectivity index (χ1n) is 3.86. The van der Waals surface area contributed by atoms with Crippen molar-refractivity contribution >= 4 is 6.08 Å². The molecule has 62 valence electrons. The van der Waals surface area contributed by atoms with Crippen molar-refractivity contribution in [3.05, 3.63) is 54.4 Å². The first-order valence-corrected chi connectivity index (χ1v) is 3.86. The van der Waals surface area contributed by atoms with E-state index in [-0.39, 0.29) is 5.82 Å². The second-order valence-corrected chi connectivity index (χ2v) is 2.48. The van der Waals surface area contributed by atoms with Crippen LogP contribution >= 0.6 is 0 Å². The summed E-state index contributed by atoms with van der Waals surface area (Å²) in [6, 6.07) is 6.39. The van der Waals surface area contributed by atoms with E-state index in [1.165, 1.54) is 12.1 Å². The second kappa shape index (κ2) is 4.50. The van der Waals surface area contributed by atoms with Gasteiger partial charge in [-0.1, -0.05) is 30.4 Å². The van der Waals surface area contributed by atoms with Gasteiger partial charge in [0.25, 0.3) is 0 Å². The quantitative estimate of drug-likeness (QED) is 0.597. The fourth-order valence-corrected chi connectivity index (χ4v) is 0.874. The lowest BCUT2D eigenvalue weighted by atomic mass is 10.2. The summed E-state index contributed by atoms with van der Waals surface area (Å²) in [5.74, 6) is -0.198. The minimum Gasteiger partial charge on any atom is -0.207 e. The van der Waals surface area contributed by atoms with Gasteiger partial charge in [-0.05, 0) is 24.1 Å². The number of allylic oxidation sites excluding steroid dienone is 2. The van der Waals surface area contributed by atoms with Crippen LogP contribution in [0.25, 0.3) is 6.08 Å². The Morgan fingerprint density at radius 1 is 1.25 bits per heavy atom. The maximum atomic E-state index is 12.4. The lowest BCUT2D eigenvalue weighted by molar-refractivity contribution is 0.628. The highest BCUT2D eigenvalue weighted by molar-refractivity contribution is 5.48. The Kier molecular flexibility index (Phi) is 3.27. The van der Waals surface area contributed by atoms with Gasteiger partial charge in [0.05, 0.1) is 0 Å². The third kappa shape index (κ3) is 2.70. The van der Waals surface area contributed by atoms with Crippen LogP contribution in [-0.2, 0) is 0 Å². The molecule has 0 aromatic heterocycles. The normalized spacial score (nSPS) is 10.4. The SMILES string of the molecule is C=CC/C=C/c1ccc(F)cc1. The van der Waals surface area contributed by atoms with Crippen molar-refractivity contribution in [3.8, 4) is 0 Å². The minimum absolute atomic E-state index is 0.198. The summed E-state index contributed by atoms with van der Waals surface area (Å²) >= 11 is 0. The van der Waals surface area contributed by atoms with E-state index < -0.39 is 0 Å². The molecule has 1 aromatic rings. The molecule has 0 nitrogen and oxygen atoms in total. The van der Waals surface area contributed by atoms with Crippen LogP contribution in [0.5, 0.6) is 0 Å². The van der Waals surface area contributed by atoms with Gasteiger partial charge in [-0.15, -0.1) is 6.58 Å². The Labute approximate surface area is 72.0 Å². The predicted octanol–water partition coefficient (Wildman–Crippen LogP) is 3.42. The Balaban J connectivity index is 2.64. The Morgan fingerprint density at radius 3 is 2.50 bits per heavy atom. The van der Waals surface area contributed by atoms with E-state index in [1.54, 1.807) is 12.1 Å². The summed E-state index contributed by atoms with van der Waals surface area (Å²) in [5.41, 5.74) is 1.01. The molecule has 0 aliphatic heterocycles. The van der Waals surface area contributed by atoms with Crippen molar-refractivity contribution in [1.29, 1.82) is 0 Å². The van der Waals surface area contributed by atoms with Crippen molar-refractivity contribution in [2.75, 3.05) is 0 Å². The van der Waals surface area contributed by atoms with Gasteiger partial charge in [0.1, 0.15) is 5.82 Å². The minimum atomic E-state index is -0.198. The molecule has 0 bridgehead atoms. The summed E-state index contributed by atoms with van der Waals surface area (Å²) in [6.45, 7) is 3.59. The van der Waals surface area contributed by atoms with E-state index in [2.05, 4.69) is 6.58 Å². The van der Waals surface area contributed by atoms with E-state index in [0.29, 0.717) is 0 Å². The molecule has 0 atom stereocenters.